The SMILES string of the molecule is C=CCOC(=O)C1=C(C)N=C2SC=C(CC(=O)NCCc3ccccn3)N2[C@H]1c1ccccc1. The van der Waals surface area contributed by atoms with Gasteiger partial charge < -0.3 is 15.0 Å². The average Bonchev–Trinajstić information content (AvgIpc) is 3.24. The fraction of sp³-hybridized carbons (Fsp3) is 0.231. The highest BCUT2D eigenvalue weighted by Crippen LogP contribution is 2.44. The van der Waals surface area contributed by atoms with Gasteiger partial charge in [0.15, 0.2) is 5.17 Å². The number of hydrogen-bond acceptors (Lipinski definition) is 7. The Balaban J connectivity index is 1.53. The molecule has 0 radical (unpaired) electrons. The maximum absolute atomic E-state index is 13.0. The van der Waals surface area contributed by atoms with Gasteiger partial charge in [-0.1, -0.05) is 60.8 Å². The summed E-state index contributed by atoms with van der Waals surface area (Å²) in [6.07, 6.45) is 4.11. The zero-order valence-electron chi connectivity index (χ0n) is 18.9. The largest absolute Gasteiger partial charge is 0.458 e. The van der Waals surface area contributed by atoms with Gasteiger partial charge in [0, 0.05) is 30.6 Å². The molecule has 8 heteroatoms. The van der Waals surface area contributed by atoms with E-state index in [9.17, 15) is 9.59 Å². The molecule has 1 amide bonds. The minimum atomic E-state index is -0.440. The Morgan fingerprint density at radius 3 is 2.74 bits per heavy atom. The van der Waals surface area contributed by atoms with Crippen LogP contribution in [0.4, 0.5) is 0 Å². The molecule has 1 N–H and O–H groups in total. The Morgan fingerprint density at radius 1 is 1.21 bits per heavy atom. The lowest BCUT2D eigenvalue weighted by atomic mass is 9.94. The van der Waals surface area contributed by atoms with E-state index in [1.54, 1.807) is 6.20 Å². The van der Waals surface area contributed by atoms with Gasteiger partial charge in [-0.2, -0.15) is 0 Å². The maximum atomic E-state index is 13.0. The maximum Gasteiger partial charge on any atom is 0.338 e. The molecule has 2 aliphatic heterocycles. The molecule has 174 valence electrons. The number of ether oxygens (including phenoxy) is 1. The summed E-state index contributed by atoms with van der Waals surface area (Å²) in [7, 11) is 0. The fourth-order valence-electron chi connectivity index (χ4n) is 3.90. The molecule has 0 saturated carbocycles. The molecular formula is C26H26N4O3S. The summed E-state index contributed by atoms with van der Waals surface area (Å²) in [6, 6.07) is 15.0. The molecule has 1 aromatic carbocycles. The number of thioether (sulfide) groups is 1. The van der Waals surface area contributed by atoms with Crippen LogP contribution in [0, 0.1) is 0 Å². The second kappa shape index (κ2) is 11.0. The molecule has 0 fully saturated rings. The number of nitrogens with zero attached hydrogens (tertiary/aromatic N) is 3. The number of carbonyl (C=O) groups excluding carboxylic acids is 2. The molecule has 1 aromatic heterocycles. The first-order chi connectivity index (χ1) is 16.6. The second-order valence-corrected chi connectivity index (χ2v) is 8.63. The quantitative estimate of drug-likeness (QED) is 0.435. The molecule has 0 unspecified atom stereocenters. The number of aromatic nitrogens is 1. The van der Waals surface area contributed by atoms with Crippen molar-refractivity contribution in [1.29, 1.82) is 0 Å². The van der Waals surface area contributed by atoms with Crippen LogP contribution in [0.5, 0.6) is 0 Å². The van der Waals surface area contributed by atoms with Crippen LogP contribution in [0.2, 0.25) is 0 Å². The Kier molecular flexibility index (Phi) is 7.59. The van der Waals surface area contributed by atoms with E-state index in [0.29, 0.717) is 24.2 Å². The van der Waals surface area contributed by atoms with E-state index in [0.717, 1.165) is 22.1 Å². The normalized spacial score (nSPS) is 17.0. The molecule has 3 heterocycles. The minimum absolute atomic E-state index is 0.0992. The molecule has 4 rings (SSSR count). The summed E-state index contributed by atoms with van der Waals surface area (Å²) in [5.74, 6) is -0.539. The Labute approximate surface area is 203 Å². The lowest BCUT2D eigenvalue weighted by Crippen LogP contribution is -2.38. The molecule has 34 heavy (non-hydrogen) atoms. The van der Waals surface area contributed by atoms with Crippen LogP contribution in [-0.4, -0.2) is 40.1 Å². The average molecular weight is 475 g/mol. The van der Waals surface area contributed by atoms with E-state index in [4.69, 9.17) is 4.74 Å². The van der Waals surface area contributed by atoms with E-state index in [1.165, 1.54) is 17.8 Å². The third-order valence-corrected chi connectivity index (χ3v) is 6.33. The van der Waals surface area contributed by atoms with E-state index < -0.39 is 12.0 Å². The van der Waals surface area contributed by atoms with Crippen molar-refractivity contribution < 1.29 is 14.3 Å². The Hall–Kier alpha value is -3.65. The third kappa shape index (κ3) is 5.28. The predicted octanol–water partition coefficient (Wildman–Crippen LogP) is 4.13. The number of pyridine rings is 1. The van der Waals surface area contributed by atoms with Crippen molar-refractivity contribution >= 4 is 28.8 Å². The van der Waals surface area contributed by atoms with Gasteiger partial charge in [-0.15, -0.1) is 0 Å². The van der Waals surface area contributed by atoms with E-state index in [2.05, 4.69) is 21.9 Å². The van der Waals surface area contributed by atoms with Gasteiger partial charge in [-0.3, -0.25) is 9.78 Å². The zero-order valence-corrected chi connectivity index (χ0v) is 19.8. The van der Waals surface area contributed by atoms with Crippen molar-refractivity contribution in [3.8, 4) is 0 Å². The van der Waals surface area contributed by atoms with Crippen molar-refractivity contribution in [3.63, 3.8) is 0 Å². The van der Waals surface area contributed by atoms with E-state index in [1.807, 2.05) is 65.8 Å². The number of rotatable bonds is 9. The van der Waals surface area contributed by atoms with Crippen molar-refractivity contribution in [1.82, 2.24) is 15.2 Å². The number of allylic oxidation sites excluding steroid dienone is 1. The van der Waals surface area contributed by atoms with Crippen LogP contribution >= 0.6 is 11.8 Å². The number of hydrogen-bond donors (Lipinski definition) is 1. The first kappa shape index (κ1) is 23.5. The second-order valence-electron chi connectivity index (χ2n) is 7.79. The lowest BCUT2D eigenvalue weighted by Gasteiger charge is -2.36. The molecule has 0 aliphatic carbocycles. The van der Waals surface area contributed by atoms with Crippen LogP contribution in [0.3, 0.4) is 0 Å². The molecule has 2 aliphatic rings. The lowest BCUT2D eigenvalue weighted by molar-refractivity contribution is -0.138. The summed E-state index contributed by atoms with van der Waals surface area (Å²) in [4.78, 5) is 36.7. The number of esters is 1. The standard InChI is InChI=1S/C26H26N4O3S/c1-3-15-33-25(32)23-18(2)29-26-30(24(23)19-9-5-4-6-10-19)21(17-34-26)16-22(31)28-14-12-20-11-7-8-13-27-20/h3-11,13,17,24H,1,12,14-16H2,2H3,(H,28,31)/t24-/m0/s1. The summed E-state index contributed by atoms with van der Waals surface area (Å²) in [6.45, 7) is 6.05. The molecule has 0 bridgehead atoms. The molecule has 1 atom stereocenters. The molecule has 0 spiro atoms. The molecular weight excluding hydrogens is 448 g/mol. The van der Waals surface area contributed by atoms with Crippen molar-refractivity contribution in [2.24, 2.45) is 4.99 Å². The van der Waals surface area contributed by atoms with Crippen LogP contribution in [-0.2, 0) is 20.7 Å². The molecule has 0 saturated heterocycles. The van der Waals surface area contributed by atoms with Crippen molar-refractivity contribution in [2.75, 3.05) is 13.2 Å². The van der Waals surface area contributed by atoms with Gasteiger partial charge in [0.2, 0.25) is 5.91 Å². The van der Waals surface area contributed by atoms with Crippen LogP contribution in [0.1, 0.15) is 30.6 Å². The van der Waals surface area contributed by atoms with Gasteiger partial charge in [-0.05, 0) is 30.0 Å². The van der Waals surface area contributed by atoms with Gasteiger partial charge in [0.05, 0.1) is 23.7 Å². The zero-order chi connectivity index (χ0) is 23.9. The number of nitrogens with one attached hydrogen (secondary N) is 1. The number of carbonyl (C=O) groups is 2. The Morgan fingerprint density at radius 2 is 2.00 bits per heavy atom. The minimum Gasteiger partial charge on any atom is -0.458 e. The number of benzene rings is 1. The van der Waals surface area contributed by atoms with Gasteiger partial charge in [-0.25, -0.2) is 9.79 Å². The summed E-state index contributed by atoms with van der Waals surface area (Å²) >= 11 is 1.45. The van der Waals surface area contributed by atoms with Crippen molar-refractivity contribution in [3.05, 3.63) is 101 Å². The van der Waals surface area contributed by atoms with Gasteiger partial charge >= 0.3 is 5.97 Å². The first-order valence-electron chi connectivity index (χ1n) is 11.0. The third-order valence-electron chi connectivity index (χ3n) is 5.44. The highest BCUT2D eigenvalue weighted by Gasteiger charge is 2.41. The van der Waals surface area contributed by atoms with Crippen molar-refractivity contribution in [2.45, 2.75) is 25.8 Å². The topological polar surface area (TPSA) is 83.9 Å². The molecule has 7 nitrogen and oxygen atoms in total. The van der Waals surface area contributed by atoms with Gasteiger partial charge in [0.25, 0.3) is 0 Å². The smallest absolute Gasteiger partial charge is 0.338 e. The number of amides is 1. The van der Waals surface area contributed by atoms with Crippen LogP contribution < -0.4 is 5.32 Å². The first-order valence-corrected chi connectivity index (χ1v) is 11.9. The van der Waals surface area contributed by atoms with Crippen LogP contribution in [0.15, 0.2) is 94.8 Å². The summed E-state index contributed by atoms with van der Waals surface area (Å²) in [5.41, 5.74) is 3.70. The number of amidine groups is 1. The van der Waals surface area contributed by atoms with Gasteiger partial charge in [0.1, 0.15) is 6.61 Å². The van der Waals surface area contributed by atoms with E-state index >= 15 is 0 Å². The summed E-state index contributed by atoms with van der Waals surface area (Å²) < 4.78 is 5.39. The van der Waals surface area contributed by atoms with Crippen LogP contribution in [0.25, 0.3) is 0 Å². The number of aliphatic imine (C=N–C) groups is 1. The number of fused-ring (bicyclic) bond motifs is 1. The highest BCUT2D eigenvalue weighted by atomic mass is 32.2. The monoisotopic (exact) mass is 474 g/mol. The Bertz CT molecular complexity index is 1160. The summed E-state index contributed by atoms with van der Waals surface area (Å²) in [5, 5.41) is 5.64. The fourth-order valence-corrected chi connectivity index (χ4v) is 4.86. The highest BCUT2D eigenvalue weighted by molar-refractivity contribution is 8.16. The predicted molar refractivity (Wildman–Crippen MR) is 134 cm³/mol. The van der Waals surface area contributed by atoms with E-state index in [-0.39, 0.29) is 18.9 Å². The molecule has 2 aromatic rings.